The summed E-state index contributed by atoms with van der Waals surface area (Å²) in [6.45, 7) is 2.50. The number of thiocarbonyl (C=S) groups is 1. The van der Waals surface area contributed by atoms with Gasteiger partial charge in [0.2, 0.25) is 5.91 Å². The fraction of sp³-hybridized carbons (Fsp3) is 0.385. The molecule has 1 amide bonds. The van der Waals surface area contributed by atoms with E-state index >= 15 is 0 Å². The molecular formula is C13H16FN3OS. The summed E-state index contributed by atoms with van der Waals surface area (Å²) in [5.41, 5.74) is 6.64. The fourth-order valence-corrected chi connectivity index (χ4v) is 2.22. The van der Waals surface area contributed by atoms with Crippen molar-refractivity contribution in [3.63, 3.8) is 0 Å². The topological polar surface area (TPSA) is 49.6 Å². The number of hydrogen-bond acceptors (Lipinski definition) is 3. The van der Waals surface area contributed by atoms with Crippen LogP contribution < -0.4 is 5.73 Å². The Morgan fingerprint density at radius 1 is 1.47 bits per heavy atom. The molecule has 0 spiro atoms. The van der Waals surface area contributed by atoms with E-state index < -0.39 is 5.82 Å². The van der Waals surface area contributed by atoms with Crippen molar-refractivity contribution >= 4 is 23.1 Å². The molecular weight excluding hydrogens is 265 g/mol. The van der Waals surface area contributed by atoms with Gasteiger partial charge in [-0.3, -0.25) is 9.69 Å². The number of benzene rings is 1. The zero-order valence-electron chi connectivity index (χ0n) is 10.7. The molecule has 6 heteroatoms. The molecule has 0 aromatic heterocycles. The fourth-order valence-electron chi connectivity index (χ4n) is 2.06. The molecule has 2 N–H and O–H groups in total. The lowest BCUT2D eigenvalue weighted by Gasteiger charge is -2.31. The van der Waals surface area contributed by atoms with E-state index in [1.165, 1.54) is 6.07 Å². The standard InChI is InChI=1S/C13H16FN3OS/c1-16-4-5-17(8-12(16)18)7-9-2-3-11(14)10(6-9)13(15)19/h2-3,6H,4-5,7-8H2,1H3,(H2,15,19). The first kappa shape index (κ1) is 13.9. The second-order valence-corrected chi connectivity index (χ2v) is 5.14. The van der Waals surface area contributed by atoms with Crippen molar-refractivity contribution in [2.45, 2.75) is 6.54 Å². The van der Waals surface area contributed by atoms with Crippen LogP contribution in [0.5, 0.6) is 0 Å². The van der Waals surface area contributed by atoms with E-state index in [9.17, 15) is 9.18 Å². The second kappa shape index (κ2) is 5.63. The molecule has 0 bridgehead atoms. The van der Waals surface area contributed by atoms with E-state index in [0.29, 0.717) is 19.6 Å². The summed E-state index contributed by atoms with van der Waals surface area (Å²) in [6, 6.07) is 4.71. The molecule has 0 atom stereocenters. The largest absolute Gasteiger partial charge is 0.389 e. The third kappa shape index (κ3) is 3.27. The van der Waals surface area contributed by atoms with Gasteiger partial charge in [0.05, 0.1) is 6.54 Å². The summed E-state index contributed by atoms with van der Waals surface area (Å²) in [7, 11) is 1.79. The normalized spacial score (nSPS) is 16.7. The number of nitrogens with zero attached hydrogens (tertiary/aromatic N) is 2. The van der Waals surface area contributed by atoms with Crippen molar-refractivity contribution in [1.29, 1.82) is 0 Å². The van der Waals surface area contributed by atoms with Gasteiger partial charge in [0, 0.05) is 32.2 Å². The highest BCUT2D eigenvalue weighted by Gasteiger charge is 2.21. The minimum atomic E-state index is -0.411. The molecule has 1 saturated heterocycles. The second-order valence-electron chi connectivity index (χ2n) is 4.70. The van der Waals surface area contributed by atoms with Gasteiger partial charge in [-0.05, 0) is 17.7 Å². The number of nitrogens with two attached hydrogens (primary N) is 1. The third-order valence-corrected chi connectivity index (χ3v) is 3.46. The van der Waals surface area contributed by atoms with Crippen LogP contribution in [0.2, 0.25) is 0 Å². The Kier molecular flexibility index (Phi) is 4.11. The highest BCUT2D eigenvalue weighted by molar-refractivity contribution is 7.80. The number of hydrogen-bond donors (Lipinski definition) is 1. The van der Waals surface area contributed by atoms with Crippen LogP contribution in [-0.4, -0.2) is 47.4 Å². The van der Waals surface area contributed by atoms with Gasteiger partial charge >= 0.3 is 0 Å². The van der Waals surface area contributed by atoms with Crippen molar-refractivity contribution in [3.8, 4) is 0 Å². The van der Waals surface area contributed by atoms with Crippen LogP contribution in [-0.2, 0) is 11.3 Å². The van der Waals surface area contributed by atoms with Gasteiger partial charge in [-0.2, -0.15) is 0 Å². The molecule has 0 saturated carbocycles. The number of halogens is 1. The van der Waals surface area contributed by atoms with Crippen molar-refractivity contribution in [2.75, 3.05) is 26.7 Å². The van der Waals surface area contributed by atoms with Crippen LogP contribution in [0.1, 0.15) is 11.1 Å². The van der Waals surface area contributed by atoms with E-state index in [1.54, 1.807) is 24.1 Å². The molecule has 0 radical (unpaired) electrons. The van der Waals surface area contributed by atoms with Gasteiger partial charge in [0.1, 0.15) is 10.8 Å². The zero-order valence-corrected chi connectivity index (χ0v) is 11.5. The Bertz CT molecular complexity index is 521. The van der Waals surface area contributed by atoms with Crippen LogP contribution >= 0.6 is 12.2 Å². The van der Waals surface area contributed by atoms with Gasteiger partial charge in [0.25, 0.3) is 0 Å². The lowest BCUT2D eigenvalue weighted by Crippen LogP contribution is -2.47. The first-order valence-electron chi connectivity index (χ1n) is 6.02. The number of carbonyl (C=O) groups is 1. The lowest BCUT2D eigenvalue weighted by molar-refractivity contribution is -0.134. The number of carbonyl (C=O) groups excluding carboxylic acids is 1. The molecule has 1 aliphatic rings. The SMILES string of the molecule is CN1CCN(Cc2ccc(F)c(C(N)=S)c2)CC1=O. The molecule has 2 rings (SSSR count). The smallest absolute Gasteiger partial charge is 0.236 e. The average molecular weight is 281 g/mol. The molecule has 4 nitrogen and oxygen atoms in total. The zero-order chi connectivity index (χ0) is 14.0. The first-order valence-corrected chi connectivity index (χ1v) is 6.43. The summed E-state index contributed by atoms with van der Waals surface area (Å²) in [5.74, 6) is -0.311. The molecule has 1 fully saturated rings. The minimum absolute atomic E-state index is 0.0498. The predicted molar refractivity (Wildman–Crippen MR) is 75.2 cm³/mol. The van der Waals surface area contributed by atoms with Crippen LogP contribution in [0, 0.1) is 5.82 Å². The Labute approximate surface area is 117 Å². The summed E-state index contributed by atoms with van der Waals surface area (Å²) < 4.78 is 13.5. The monoisotopic (exact) mass is 281 g/mol. The van der Waals surface area contributed by atoms with E-state index in [-0.39, 0.29) is 16.5 Å². The van der Waals surface area contributed by atoms with Gasteiger partial charge < -0.3 is 10.6 Å². The highest BCUT2D eigenvalue weighted by atomic mass is 32.1. The Morgan fingerprint density at radius 2 is 2.21 bits per heavy atom. The predicted octanol–water partition coefficient (Wildman–Crippen LogP) is 0.734. The molecule has 102 valence electrons. The average Bonchev–Trinajstić information content (AvgIpc) is 2.36. The Hall–Kier alpha value is -1.53. The summed E-state index contributed by atoms with van der Waals surface area (Å²) >= 11 is 4.81. The highest BCUT2D eigenvalue weighted by Crippen LogP contribution is 2.14. The summed E-state index contributed by atoms with van der Waals surface area (Å²) in [5, 5.41) is 0. The quantitative estimate of drug-likeness (QED) is 0.830. The van der Waals surface area contributed by atoms with Crippen LogP contribution in [0.4, 0.5) is 4.39 Å². The molecule has 1 aromatic rings. The molecule has 1 aromatic carbocycles. The maximum absolute atomic E-state index is 13.5. The number of amides is 1. The molecule has 19 heavy (non-hydrogen) atoms. The van der Waals surface area contributed by atoms with Gasteiger partial charge in [-0.25, -0.2) is 4.39 Å². The van der Waals surface area contributed by atoms with Crippen LogP contribution in [0.25, 0.3) is 0 Å². The third-order valence-electron chi connectivity index (χ3n) is 3.24. The van der Waals surface area contributed by atoms with E-state index in [2.05, 4.69) is 0 Å². The molecule has 1 aliphatic heterocycles. The number of rotatable bonds is 3. The van der Waals surface area contributed by atoms with Crippen molar-refractivity contribution in [3.05, 3.63) is 35.1 Å². The van der Waals surface area contributed by atoms with E-state index in [4.69, 9.17) is 18.0 Å². The Balaban J connectivity index is 2.09. The maximum atomic E-state index is 13.5. The van der Waals surface area contributed by atoms with Crippen molar-refractivity contribution in [2.24, 2.45) is 5.73 Å². The lowest BCUT2D eigenvalue weighted by atomic mass is 10.1. The number of likely N-dealkylation sites (N-methyl/N-ethyl adjacent to an activating group) is 1. The Morgan fingerprint density at radius 3 is 2.84 bits per heavy atom. The summed E-state index contributed by atoms with van der Waals surface area (Å²) in [4.78, 5) is 15.4. The van der Waals surface area contributed by atoms with Gasteiger partial charge in [-0.1, -0.05) is 18.3 Å². The first-order chi connectivity index (χ1) is 8.97. The van der Waals surface area contributed by atoms with Crippen LogP contribution in [0.15, 0.2) is 18.2 Å². The molecule has 1 heterocycles. The van der Waals surface area contributed by atoms with Crippen molar-refractivity contribution < 1.29 is 9.18 Å². The van der Waals surface area contributed by atoms with E-state index in [1.807, 2.05) is 4.90 Å². The minimum Gasteiger partial charge on any atom is -0.389 e. The number of piperazine rings is 1. The van der Waals surface area contributed by atoms with Crippen LogP contribution in [0.3, 0.4) is 0 Å². The molecule has 0 unspecified atom stereocenters. The summed E-state index contributed by atoms with van der Waals surface area (Å²) in [6.07, 6.45) is 0. The van der Waals surface area contributed by atoms with Gasteiger partial charge in [-0.15, -0.1) is 0 Å². The maximum Gasteiger partial charge on any atom is 0.236 e. The van der Waals surface area contributed by atoms with Crippen molar-refractivity contribution in [1.82, 2.24) is 9.80 Å². The van der Waals surface area contributed by atoms with E-state index in [0.717, 1.165) is 12.1 Å². The van der Waals surface area contributed by atoms with Gasteiger partial charge in [0.15, 0.2) is 0 Å². The molecule has 0 aliphatic carbocycles.